The summed E-state index contributed by atoms with van der Waals surface area (Å²) in [7, 11) is 0. The van der Waals surface area contributed by atoms with Gasteiger partial charge in [-0.05, 0) is 73.1 Å². The number of anilines is 1. The van der Waals surface area contributed by atoms with Gasteiger partial charge in [-0.25, -0.2) is 4.79 Å². The van der Waals surface area contributed by atoms with Crippen molar-refractivity contribution >= 4 is 52.4 Å². The molecule has 4 atom stereocenters. The van der Waals surface area contributed by atoms with Crippen molar-refractivity contribution in [3.63, 3.8) is 0 Å². The maximum Gasteiger partial charge on any atom is 0.319 e. The first-order valence-electron chi connectivity index (χ1n) is 10.1. The number of nitrogens with one attached hydrogen (secondary N) is 3. The lowest BCUT2D eigenvalue weighted by Gasteiger charge is -2.18. The number of halogens is 3. The molecule has 164 valence electrons. The number of rotatable bonds is 7. The number of carbonyl (C=O) groups is 2. The van der Waals surface area contributed by atoms with Crippen LogP contribution in [-0.2, 0) is 4.79 Å². The van der Waals surface area contributed by atoms with Crippen LogP contribution in [0.25, 0.3) is 0 Å². The van der Waals surface area contributed by atoms with Gasteiger partial charge in [0.05, 0.1) is 10.0 Å². The Morgan fingerprint density at radius 3 is 2.48 bits per heavy atom. The average molecular weight is 483 g/mol. The SMILES string of the molecule is O=C(COc1ccc(Cl)cc1)NC1CC(CNC(=O)Nc2ccc(Cl)c(Cl)c2)C2CC12. The first-order chi connectivity index (χ1) is 14.9. The Morgan fingerprint density at radius 2 is 1.74 bits per heavy atom. The Labute approximate surface area is 195 Å². The predicted molar refractivity (Wildman–Crippen MR) is 122 cm³/mol. The molecule has 0 spiro atoms. The van der Waals surface area contributed by atoms with E-state index in [0.29, 0.717) is 50.8 Å². The summed E-state index contributed by atoms with van der Waals surface area (Å²) in [6.45, 7) is 0.520. The number of benzene rings is 2. The molecule has 0 aromatic heterocycles. The monoisotopic (exact) mass is 481 g/mol. The van der Waals surface area contributed by atoms with E-state index in [4.69, 9.17) is 39.5 Å². The van der Waals surface area contributed by atoms with E-state index in [-0.39, 0.29) is 24.6 Å². The van der Waals surface area contributed by atoms with Crippen molar-refractivity contribution in [1.29, 1.82) is 0 Å². The zero-order valence-corrected chi connectivity index (χ0v) is 18.8. The number of carbonyl (C=O) groups excluding carboxylic acids is 2. The smallest absolute Gasteiger partial charge is 0.319 e. The second kappa shape index (κ2) is 9.55. The van der Waals surface area contributed by atoms with Crippen molar-refractivity contribution < 1.29 is 14.3 Å². The Bertz CT molecular complexity index is 970. The number of amides is 3. The van der Waals surface area contributed by atoms with Gasteiger partial charge in [-0.1, -0.05) is 34.8 Å². The van der Waals surface area contributed by atoms with Crippen molar-refractivity contribution in [1.82, 2.24) is 10.6 Å². The summed E-state index contributed by atoms with van der Waals surface area (Å²) in [5.41, 5.74) is 0.577. The summed E-state index contributed by atoms with van der Waals surface area (Å²) in [5, 5.41) is 10.2. The molecule has 2 saturated carbocycles. The van der Waals surface area contributed by atoms with E-state index >= 15 is 0 Å². The van der Waals surface area contributed by atoms with E-state index in [1.165, 1.54) is 0 Å². The molecule has 0 aliphatic heterocycles. The van der Waals surface area contributed by atoms with E-state index < -0.39 is 0 Å². The Morgan fingerprint density at radius 1 is 0.968 bits per heavy atom. The van der Waals surface area contributed by atoms with Crippen molar-refractivity contribution in [2.75, 3.05) is 18.5 Å². The molecular formula is C22H22Cl3N3O3. The molecule has 2 aliphatic rings. The zero-order valence-electron chi connectivity index (χ0n) is 16.5. The number of urea groups is 1. The van der Waals surface area contributed by atoms with Gasteiger partial charge < -0.3 is 20.7 Å². The van der Waals surface area contributed by atoms with Gasteiger partial charge >= 0.3 is 6.03 Å². The maximum atomic E-state index is 12.3. The summed E-state index contributed by atoms with van der Waals surface area (Å²) in [5.74, 6) is 1.81. The van der Waals surface area contributed by atoms with E-state index in [0.717, 1.165) is 12.8 Å². The fourth-order valence-corrected chi connectivity index (χ4v) is 4.64. The molecule has 6 nitrogen and oxygen atoms in total. The van der Waals surface area contributed by atoms with Crippen LogP contribution in [0, 0.1) is 17.8 Å². The quantitative estimate of drug-likeness (QED) is 0.520. The summed E-state index contributed by atoms with van der Waals surface area (Å²) >= 11 is 17.7. The molecule has 2 fully saturated rings. The molecule has 3 amide bonds. The van der Waals surface area contributed by atoms with Crippen LogP contribution in [-0.4, -0.2) is 31.1 Å². The second-order valence-electron chi connectivity index (χ2n) is 7.94. The highest BCUT2D eigenvalue weighted by atomic mass is 35.5. The third-order valence-corrected chi connectivity index (χ3v) is 6.79. The van der Waals surface area contributed by atoms with Crippen LogP contribution in [0.1, 0.15) is 12.8 Å². The third-order valence-electron chi connectivity index (χ3n) is 5.80. The highest BCUT2D eigenvalue weighted by Gasteiger charge is 2.54. The second-order valence-corrected chi connectivity index (χ2v) is 9.19. The number of ether oxygens (including phenoxy) is 1. The normalized spacial score (nSPS) is 23.6. The average Bonchev–Trinajstić information content (AvgIpc) is 3.47. The molecule has 0 saturated heterocycles. The number of hydrogen-bond donors (Lipinski definition) is 3. The molecule has 9 heteroatoms. The van der Waals surface area contributed by atoms with Gasteiger partial charge in [0.15, 0.2) is 6.61 Å². The topological polar surface area (TPSA) is 79.5 Å². The van der Waals surface area contributed by atoms with Crippen LogP contribution in [0.15, 0.2) is 42.5 Å². The largest absolute Gasteiger partial charge is 0.484 e. The van der Waals surface area contributed by atoms with E-state index in [9.17, 15) is 9.59 Å². The third kappa shape index (κ3) is 5.76. The van der Waals surface area contributed by atoms with Crippen molar-refractivity contribution in [2.24, 2.45) is 17.8 Å². The minimum Gasteiger partial charge on any atom is -0.484 e. The zero-order chi connectivity index (χ0) is 22.0. The molecule has 0 radical (unpaired) electrons. The molecule has 2 aliphatic carbocycles. The van der Waals surface area contributed by atoms with Crippen molar-refractivity contribution in [2.45, 2.75) is 18.9 Å². The molecule has 31 heavy (non-hydrogen) atoms. The summed E-state index contributed by atoms with van der Waals surface area (Å²) < 4.78 is 5.51. The van der Waals surface area contributed by atoms with Crippen LogP contribution in [0.2, 0.25) is 15.1 Å². The lowest BCUT2D eigenvalue weighted by Crippen LogP contribution is -2.39. The van der Waals surface area contributed by atoms with Gasteiger partial charge in [0.25, 0.3) is 5.91 Å². The minimum absolute atomic E-state index is 0.0372. The lowest BCUT2D eigenvalue weighted by molar-refractivity contribution is -0.123. The highest BCUT2D eigenvalue weighted by molar-refractivity contribution is 6.42. The highest BCUT2D eigenvalue weighted by Crippen LogP contribution is 2.55. The molecule has 2 aromatic rings. The summed E-state index contributed by atoms with van der Waals surface area (Å²) in [4.78, 5) is 24.5. The van der Waals surface area contributed by atoms with Gasteiger partial charge in [-0.3, -0.25) is 4.79 Å². The van der Waals surface area contributed by atoms with Gasteiger partial charge in [-0.2, -0.15) is 0 Å². The first kappa shape index (κ1) is 22.1. The maximum absolute atomic E-state index is 12.3. The van der Waals surface area contributed by atoms with Crippen LogP contribution in [0.3, 0.4) is 0 Å². The van der Waals surface area contributed by atoms with Crippen molar-refractivity contribution in [3.05, 3.63) is 57.5 Å². The summed E-state index contributed by atoms with van der Waals surface area (Å²) in [6.07, 6.45) is 1.92. The van der Waals surface area contributed by atoms with Gasteiger partial charge in [0.1, 0.15) is 5.75 Å². The first-order valence-corrected chi connectivity index (χ1v) is 11.2. The van der Waals surface area contributed by atoms with Gasteiger partial charge in [0.2, 0.25) is 0 Å². The van der Waals surface area contributed by atoms with Gasteiger partial charge in [0, 0.05) is 23.3 Å². The number of hydrogen-bond acceptors (Lipinski definition) is 3. The Kier molecular flexibility index (Phi) is 6.80. The molecular weight excluding hydrogens is 461 g/mol. The molecule has 2 aromatic carbocycles. The Balaban J connectivity index is 1.19. The molecule has 0 heterocycles. The van der Waals surface area contributed by atoms with E-state index in [1.54, 1.807) is 42.5 Å². The fourth-order valence-electron chi connectivity index (χ4n) is 4.22. The predicted octanol–water partition coefficient (Wildman–Crippen LogP) is 4.99. The van der Waals surface area contributed by atoms with Crippen LogP contribution in [0.4, 0.5) is 10.5 Å². The van der Waals surface area contributed by atoms with E-state index in [2.05, 4.69) is 16.0 Å². The standard InChI is InChI=1S/C22H22Cl3N3O3/c23-13-1-4-15(5-2-13)31-11-21(29)28-20-7-12(16-9-17(16)20)10-26-22(30)27-14-3-6-18(24)19(25)8-14/h1-6,8,12,16-17,20H,7,9-11H2,(H,28,29)(H2,26,27,30). The molecule has 0 bridgehead atoms. The van der Waals surface area contributed by atoms with Crippen molar-refractivity contribution in [3.8, 4) is 5.75 Å². The minimum atomic E-state index is -0.292. The van der Waals surface area contributed by atoms with Crippen LogP contribution in [0.5, 0.6) is 5.75 Å². The van der Waals surface area contributed by atoms with E-state index in [1.807, 2.05) is 0 Å². The number of fused-ring (bicyclic) bond motifs is 1. The fraction of sp³-hybridized carbons (Fsp3) is 0.364. The van der Waals surface area contributed by atoms with Crippen LogP contribution >= 0.6 is 34.8 Å². The lowest BCUT2D eigenvalue weighted by atomic mass is 10.0. The van der Waals surface area contributed by atoms with Crippen LogP contribution < -0.4 is 20.7 Å². The molecule has 4 rings (SSSR count). The molecule has 4 unspecified atom stereocenters. The molecule has 3 N–H and O–H groups in total. The Hall–Kier alpha value is -2.15. The van der Waals surface area contributed by atoms with Gasteiger partial charge in [-0.15, -0.1) is 0 Å². The summed E-state index contributed by atoms with van der Waals surface area (Å²) in [6, 6.07) is 11.7.